The van der Waals surface area contributed by atoms with Crippen LogP contribution in [0.3, 0.4) is 0 Å². The second-order valence-corrected chi connectivity index (χ2v) is 11.2. The molecule has 0 aliphatic heterocycles. The van der Waals surface area contributed by atoms with E-state index in [1.165, 1.54) is 0 Å². The third kappa shape index (κ3) is 14.9. The van der Waals surface area contributed by atoms with Crippen LogP contribution in [0.2, 0.25) is 0 Å². The summed E-state index contributed by atoms with van der Waals surface area (Å²) in [5, 5.41) is 3.42. The molecule has 0 aromatic heterocycles. The highest BCUT2D eigenvalue weighted by Crippen LogP contribution is 2.20. The minimum absolute atomic E-state index is 0.0265. The van der Waals surface area contributed by atoms with Crippen LogP contribution in [0.1, 0.15) is 54.4 Å². The Morgan fingerprint density at radius 3 is 1.93 bits per heavy atom. The Hall–Kier alpha value is -1.02. The monoisotopic (exact) mass is 430 g/mol. The molecule has 0 aliphatic carbocycles. The fourth-order valence-electron chi connectivity index (χ4n) is 2.77. The van der Waals surface area contributed by atoms with Gasteiger partial charge >= 0.3 is 0 Å². The smallest absolute Gasteiger partial charge is 0.224 e. The van der Waals surface area contributed by atoms with Gasteiger partial charge in [0.1, 0.15) is 6.54 Å². The molecule has 0 radical (unpaired) electrons. The Labute approximate surface area is 185 Å². The molecule has 0 bridgehead atoms. The van der Waals surface area contributed by atoms with Gasteiger partial charge in [-0.05, 0) is 27.2 Å². The lowest BCUT2D eigenvalue weighted by Crippen LogP contribution is -2.52. The molecule has 0 saturated carbocycles. The molecule has 7 heteroatoms. The number of ketones is 1. The summed E-state index contributed by atoms with van der Waals surface area (Å²) in [5.41, 5.74) is -0.594. The fraction of sp³-hybridized carbons (Fsp3) is 0.913. The van der Waals surface area contributed by atoms with E-state index in [-0.39, 0.29) is 23.3 Å². The van der Waals surface area contributed by atoms with Crippen LogP contribution in [0.25, 0.3) is 0 Å². The van der Waals surface area contributed by atoms with E-state index >= 15 is 0 Å². The Balaban J connectivity index is 4.24. The largest absolute Gasteiger partial charge is 0.379 e. The van der Waals surface area contributed by atoms with Crippen molar-refractivity contribution >= 4 is 11.7 Å². The molecule has 0 aromatic rings. The molecule has 0 rings (SSSR count). The van der Waals surface area contributed by atoms with Crippen molar-refractivity contribution in [3.8, 4) is 0 Å². The van der Waals surface area contributed by atoms with Crippen LogP contribution in [-0.4, -0.2) is 100 Å². The third-order valence-electron chi connectivity index (χ3n) is 4.58. The van der Waals surface area contributed by atoms with Gasteiger partial charge in [0.25, 0.3) is 0 Å². The van der Waals surface area contributed by atoms with Crippen molar-refractivity contribution in [2.24, 2.45) is 5.41 Å². The summed E-state index contributed by atoms with van der Waals surface area (Å²) in [4.78, 5) is 26.8. The van der Waals surface area contributed by atoms with Crippen LogP contribution in [0, 0.1) is 5.41 Å². The molecule has 178 valence electrons. The first kappa shape index (κ1) is 29.0. The Morgan fingerprint density at radius 2 is 1.47 bits per heavy atom. The predicted octanol–water partition coefficient (Wildman–Crippen LogP) is 2.34. The van der Waals surface area contributed by atoms with Crippen molar-refractivity contribution < 1.29 is 23.5 Å². The van der Waals surface area contributed by atoms with E-state index in [1.807, 2.05) is 41.5 Å². The minimum Gasteiger partial charge on any atom is -0.379 e. The number of nitrogens with zero attached hydrogens (tertiary/aromatic N) is 2. The summed E-state index contributed by atoms with van der Waals surface area (Å²) in [5.74, 6) is 0.200. The third-order valence-corrected chi connectivity index (χ3v) is 4.58. The number of hydrogen-bond donors (Lipinski definition) is 1. The van der Waals surface area contributed by atoms with Crippen molar-refractivity contribution in [3.63, 3.8) is 0 Å². The van der Waals surface area contributed by atoms with Gasteiger partial charge in [0.2, 0.25) is 5.91 Å². The summed E-state index contributed by atoms with van der Waals surface area (Å²) in [6, 6.07) is -0.277. The molecule has 7 nitrogen and oxygen atoms in total. The number of hydrogen-bond acceptors (Lipinski definition) is 5. The number of ether oxygens (including phenoxy) is 2. The van der Waals surface area contributed by atoms with Gasteiger partial charge in [0, 0.05) is 24.5 Å². The van der Waals surface area contributed by atoms with E-state index in [2.05, 4.69) is 26.5 Å². The number of rotatable bonds is 14. The van der Waals surface area contributed by atoms with Crippen molar-refractivity contribution in [1.29, 1.82) is 0 Å². The van der Waals surface area contributed by atoms with E-state index in [4.69, 9.17) is 9.47 Å². The molecule has 1 unspecified atom stereocenters. The number of carbonyl (C=O) groups excluding carboxylic acids is 2. The zero-order chi connectivity index (χ0) is 23.6. The SMILES string of the molecule is CN(CCC(NC(C)(C)C)C(=O)C(C)(C)C)C(=O)CCOCCOCC[N+](C)(C)C. The zero-order valence-corrected chi connectivity index (χ0v) is 21.3. The summed E-state index contributed by atoms with van der Waals surface area (Å²) >= 11 is 0. The van der Waals surface area contributed by atoms with Crippen LogP contribution in [0.15, 0.2) is 0 Å². The molecule has 1 amide bonds. The first-order valence-electron chi connectivity index (χ1n) is 11.0. The van der Waals surface area contributed by atoms with Crippen molar-refractivity contribution in [2.75, 3.05) is 67.7 Å². The van der Waals surface area contributed by atoms with E-state index < -0.39 is 5.41 Å². The number of nitrogens with one attached hydrogen (secondary N) is 1. The van der Waals surface area contributed by atoms with Crippen molar-refractivity contribution in [3.05, 3.63) is 0 Å². The van der Waals surface area contributed by atoms with Crippen LogP contribution in [0.4, 0.5) is 0 Å². The van der Waals surface area contributed by atoms with Crippen molar-refractivity contribution in [2.45, 2.75) is 66.0 Å². The molecule has 0 spiro atoms. The highest BCUT2D eigenvalue weighted by Gasteiger charge is 2.32. The van der Waals surface area contributed by atoms with Gasteiger partial charge in [0.15, 0.2) is 5.78 Å². The molecular weight excluding hydrogens is 382 g/mol. The first-order valence-corrected chi connectivity index (χ1v) is 11.0. The van der Waals surface area contributed by atoms with Crippen LogP contribution in [-0.2, 0) is 19.1 Å². The van der Waals surface area contributed by atoms with Gasteiger partial charge in [-0.2, -0.15) is 0 Å². The highest BCUT2D eigenvalue weighted by molar-refractivity contribution is 5.88. The van der Waals surface area contributed by atoms with Crippen LogP contribution >= 0.6 is 0 Å². The molecule has 0 aliphatic rings. The average molecular weight is 431 g/mol. The fourth-order valence-corrected chi connectivity index (χ4v) is 2.77. The molecule has 0 saturated heterocycles. The summed E-state index contributed by atoms with van der Waals surface area (Å²) in [6.45, 7) is 15.6. The second-order valence-electron chi connectivity index (χ2n) is 11.2. The number of likely N-dealkylation sites (N-methyl/N-ethyl adjacent to an activating group) is 1. The lowest BCUT2D eigenvalue weighted by Gasteiger charge is -2.32. The van der Waals surface area contributed by atoms with Gasteiger partial charge in [-0.15, -0.1) is 0 Å². The maximum Gasteiger partial charge on any atom is 0.224 e. The quantitative estimate of drug-likeness (QED) is 0.338. The molecule has 0 fully saturated rings. The maximum atomic E-state index is 12.8. The van der Waals surface area contributed by atoms with E-state index in [1.54, 1.807) is 11.9 Å². The molecule has 1 atom stereocenters. The minimum atomic E-state index is -0.423. The van der Waals surface area contributed by atoms with E-state index in [0.29, 0.717) is 45.8 Å². The van der Waals surface area contributed by atoms with Crippen molar-refractivity contribution in [1.82, 2.24) is 10.2 Å². The molecular formula is C23H48N3O4+. The Kier molecular flexibility index (Phi) is 12.3. The molecule has 30 heavy (non-hydrogen) atoms. The lowest BCUT2D eigenvalue weighted by atomic mass is 9.84. The topological polar surface area (TPSA) is 67.9 Å². The first-order chi connectivity index (χ1) is 13.5. The number of Topliss-reactive ketones (excluding diaryl/α,β-unsaturated/α-hetero) is 1. The van der Waals surface area contributed by atoms with Gasteiger partial charge in [0.05, 0.1) is 60.0 Å². The summed E-state index contributed by atoms with van der Waals surface area (Å²) in [7, 11) is 8.17. The Bertz CT molecular complexity index is 516. The summed E-state index contributed by atoms with van der Waals surface area (Å²) < 4.78 is 11.9. The second kappa shape index (κ2) is 12.7. The van der Waals surface area contributed by atoms with E-state index in [0.717, 1.165) is 11.0 Å². The standard InChI is InChI=1S/C23H48N3O4/c1-22(2,3)21(28)19(24-23(4,5)6)11-13-25(7)20(27)12-15-29-17-18-30-16-14-26(8,9)10/h19,24H,11-18H2,1-10H3/q+1. The van der Waals surface area contributed by atoms with Gasteiger partial charge < -0.3 is 24.2 Å². The maximum absolute atomic E-state index is 12.8. The highest BCUT2D eigenvalue weighted by atomic mass is 16.5. The molecule has 0 aromatic carbocycles. The molecule has 0 heterocycles. The number of quaternary nitrogens is 1. The van der Waals surface area contributed by atoms with Crippen LogP contribution < -0.4 is 5.32 Å². The van der Waals surface area contributed by atoms with Gasteiger partial charge in [-0.25, -0.2) is 0 Å². The normalized spacial score (nSPS) is 13.9. The lowest BCUT2D eigenvalue weighted by molar-refractivity contribution is -0.870. The van der Waals surface area contributed by atoms with Gasteiger partial charge in [-0.3, -0.25) is 9.59 Å². The number of carbonyl (C=O) groups is 2. The predicted molar refractivity (Wildman–Crippen MR) is 123 cm³/mol. The zero-order valence-electron chi connectivity index (χ0n) is 21.3. The molecule has 1 N–H and O–H groups in total. The number of amides is 1. The Morgan fingerprint density at radius 1 is 0.933 bits per heavy atom. The summed E-state index contributed by atoms with van der Waals surface area (Å²) in [6.07, 6.45) is 0.927. The average Bonchev–Trinajstić information content (AvgIpc) is 2.56. The van der Waals surface area contributed by atoms with E-state index in [9.17, 15) is 9.59 Å². The van der Waals surface area contributed by atoms with Crippen LogP contribution in [0.5, 0.6) is 0 Å². The van der Waals surface area contributed by atoms with Gasteiger partial charge in [-0.1, -0.05) is 20.8 Å².